The Bertz CT molecular complexity index is 1390. The summed E-state index contributed by atoms with van der Waals surface area (Å²) in [5.74, 6) is 0.281. The van der Waals surface area contributed by atoms with Gasteiger partial charge in [0.15, 0.2) is 5.69 Å². The van der Waals surface area contributed by atoms with Crippen molar-refractivity contribution in [1.82, 2.24) is 24.5 Å². The number of nitrogens with one attached hydrogen (secondary N) is 1. The molecule has 0 saturated carbocycles. The van der Waals surface area contributed by atoms with Crippen molar-refractivity contribution in [3.05, 3.63) is 109 Å². The maximum atomic E-state index is 13.7. The average Bonchev–Trinajstić information content (AvgIpc) is 3.46. The molecule has 0 unspecified atom stereocenters. The quantitative estimate of drug-likeness (QED) is 0.441. The van der Waals surface area contributed by atoms with E-state index in [4.69, 9.17) is 0 Å². The fourth-order valence-corrected chi connectivity index (χ4v) is 3.64. The Balaban J connectivity index is 1.35. The van der Waals surface area contributed by atoms with Crippen LogP contribution in [0.3, 0.4) is 0 Å². The van der Waals surface area contributed by atoms with Gasteiger partial charge >= 0.3 is 0 Å². The Morgan fingerprint density at radius 3 is 2.75 bits per heavy atom. The lowest BCUT2D eigenvalue weighted by atomic mass is 10.1. The number of amides is 1. The van der Waals surface area contributed by atoms with Crippen LogP contribution in [0, 0.1) is 5.82 Å². The number of benzene rings is 1. The predicted octanol–water partition coefficient (Wildman–Crippen LogP) is 4.30. The number of carbonyl (C=O) groups is 1. The van der Waals surface area contributed by atoms with Gasteiger partial charge < -0.3 is 9.72 Å². The van der Waals surface area contributed by atoms with Crippen LogP contribution in [0.1, 0.15) is 16.1 Å². The third-order valence-corrected chi connectivity index (χ3v) is 5.27. The monoisotopic (exact) mass is 425 g/mol. The molecule has 0 bridgehead atoms. The number of hydrogen-bond donors (Lipinski definition) is 1. The van der Waals surface area contributed by atoms with Gasteiger partial charge in [-0.25, -0.2) is 9.07 Å². The van der Waals surface area contributed by atoms with Gasteiger partial charge in [-0.15, -0.1) is 0 Å². The minimum atomic E-state index is -0.276. The van der Waals surface area contributed by atoms with Gasteiger partial charge in [0.05, 0.1) is 0 Å². The Morgan fingerprint density at radius 1 is 1.00 bits per heavy atom. The van der Waals surface area contributed by atoms with E-state index in [1.54, 1.807) is 35.4 Å². The second-order valence-electron chi connectivity index (χ2n) is 7.43. The van der Waals surface area contributed by atoms with Crippen molar-refractivity contribution in [2.24, 2.45) is 0 Å². The van der Waals surface area contributed by atoms with Gasteiger partial charge in [-0.3, -0.25) is 9.78 Å². The summed E-state index contributed by atoms with van der Waals surface area (Å²) in [7, 11) is 0. The average molecular weight is 425 g/mol. The summed E-state index contributed by atoms with van der Waals surface area (Å²) in [6.07, 6.45) is 7.91. The van der Waals surface area contributed by atoms with E-state index in [9.17, 15) is 9.18 Å². The van der Waals surface area contributed by atoms with Gasteiger partial charge in [-0.1, -0.05) is 24.3 Å². The predicted molar refractivity (Wildman–Crippen MR) is 120 cm³/mol. The third-order valence-electron chi connectivity index (χ3n) is 5.27. The summed E-state index contributed by atoms with van der Waals surface area (Å²) in [5, 5.41) is 7.35. The topological polar surface area (TPSA) is 64.2 Å². The van der Waals surface area contributed by atoms with E-state index >= 15 is 0 Å². The summed E-state index contributed by atoms with van der Waals surface area (Å²) in [6, 6.07) is 19.9. The molecular weight excluding hydrogens is 405 g/mol. The van der Waals surface area contributed by atoms with Crippen LogP contribution in [-0.4, -0.2) is 31.6 Å². The molecule has 0 aliphatic rings. The zero-order chi connectivity index (χ0) is 21.9. The summed E-state index contributed by atoms with van der Waals surface area (Å²) >= 11 is 0. The van der Waals surface area contributed by atoms with Gasteiger partial charge in [0.2, 0.25) is 0 Å². The van der Waals surface area contributed by atoms with Gasteiger partial charge in [-0.2, -0.15) is 5.10 Å². The molecule has 1 aromatic carbocycles. The Morgan fingerprint density at radius 2 is 1.91 bits per heavy atom. The van der Waals surface area contributed by atoms with E-state index < -0.39 is 0 Å². The van der Waals surface area contributed by atoms with E-state index in [0.717, 1.165) is 28.0 Å². The molecule has 1 N–H and O–H groups in total. The number of fused-ring (bicyclic) bond motifs is 1. The number of pyridine rings is 2. The number of aromatic nitrogens is 4. The van der Waals surface area contributed by atoms with E-state index in [1.807, 2.05) is 53.1 Å². The number of hydrogen-bond acceptors (Lipinski definition) is 3. The lowest BCUT2D eigenvalue weighted by Crippen LogP contribution is -2.26. The summed E-state index contributed by atoms with van der Waals surface area (Å²) in [4.78, 5) is 16.6. The highest BCUT2D eigenvalue weighted by Gasteiger charge is 2.12. The van der Waals surface area contributed by atoms with Crippen LogP contribution in [0.25, 0.3) is 22.5 Å². The van der Waals surface area contributed by atoms with Crippen LogP contribution in [0.2, 0.25) is 0 Å². The molecule has 0 spiro atoms. The lowest BCUT2D eigenvalue weighted by Gasteiger charge is -2.07. The molecule has 158 valence electrons. The molecule has 5 aromatic rings. The number of halogens is 1. The lowest BCUT2D eigenvalue weighted by molar-refractivity contribution is 0.0948. The van der Waals surface area contributed by atoms with Crippen LogP contribution in [0.5, 0.6) is 0 Å². The highest BCUT2D eigenvalue weighted by Crippen LogP contribution is 2.23. The van der Waals surface area contributed by atoms with Crippen molar-refractivity contribution in [1.29, 1.82) is 0 Å². The van der Waals surface area contributed by atoms with Crippen molar-refractivity contribution in [2.75, 3.05) is 6.54 Å². The standard InChI is InChI=1S/C25H20FN5O/c26-21-5-1-4-19(15-21)20-6-7-22-8-9-24(30(22)17-20)31-14-11-23(29-31)25(32)28-13-10-18-3-2-12-27-16-18/h1-9,11-12,14-17H,10,13H2,(H,28,32). The molecule has 1 amide bonds. The first kappa shape index (κ1) is 19.7. The van der Waals surface area contributed by atoms with Crippen molar-refractivity contribution < 1.29 is 9.18 Å². The fraction of sp³-hybridized carbons (Fsp3) is 0.0800. The minimum absolute atomic E-state index is 0.228. The highest BCUT2D eigenvalue weighted by molar-refractivity contribution is 5.92. The maximum absolute atomic E-state index is 13.7. The molecule has 0 aliphatic carbocycles. The van der Waals surface area contributed by atoms with Gasteiger partial charge in [0, 0.05) is 36.8 Å². The molecular formula is C25H20FN5O. The molecule has 4 aromatic heterocycles. The van der Waals surface area contributed by atoms with Crippen LogP contribution in [-0.2, 0) is 6.42 Å². The first-order chi connectivity index (χ1) is 15.7. The summed E-state index contributed by atoms with van der Waals surface area (Å²) in [5.41, 5.74) is 4.05. The Kier molecular flexibility index (Phi) is 5.21. The fourth-order valence-electron chi connectivity index (χ4n) is 3.64. The van der Waals surface area contributed by atoms with Crippen LogP contribution >= 0.6 is 0 Å². The molecule has 0 saturated heterocycles. The largest absolute Gasteiger partial charge is 0.350 e. The number of nitrogens with zero attached hydrogens (tertiary/aromatic N) is 4. The smallest absolute Gasteiger partial charge is 0.271 e. The normalized spacial score (nSPS) is 11.0. The molecule has 32 heavy (non-hydrogen) atoms. The second kappa shape index (κ2) is 8.47. The van der Waals surface area contributed by atoms with Gasteiger partial charge in [0.25, 0.3) is 5.91 Å². The molecule has 5 rings (SSSR count). The van der Waals surface area contributed by atoms with E-state index in [-0.39, 0.29) is 11.7 Å². The van der Waals surface area contributed by atoms with Crippen molar-refractivity contribution in [2.45, 2.75) is 6.42 Å². The zero-order valence-electron chi connectivity index (χ0n) is 17.1. The Hall–Kier alpha value is -4.26. The van der Waals surface area contributed by atoms with Gasteiger partial charge in [0.1, 0.15) is 11.6 Å². The van der Waals surface area contributed by atoms with E-state index in [2.05, 4.69) is 15.4 Å². The first-order valence-corrected chi connectivity index (χ1v) is 10.3. The highest BCUT2D eigenvalue weighted by atomic mass is 19.1. The van der Waals surface area contributed by atoms with Crippen LogP contribution in [0.4, 0.5) is 4.39 Å². The van der Waals surface area contributed by atoms with Crippen LogP contribution in [0.15, 0.2) is 91.5 Å². The maximum Gasteiger partial charge on any atom is 0.271 e. The number of rotatable bonds is 6. The molecule has 0 atom stereocenters. The molecule has 0 radical (unpaired) electrons. The summed E-state index contributed by atoms with van der Waals surface area (Å²) < 4.78 is 17.3. The minimum Gasteiger partial charge on any atom is -0.350 e. The van der Waals surface area contributed by atoms with Crippen molar-refractivity contribution >= 4 is 11.4 Å². The molecule has 4 heterocycles. The van der Waals surface area contributed by atoms with Gasteiger partial charge in [-0.05, 0) is 65.6 Å². The molecule has 0 fully saturated rings. The third kappa shape index (κ3) is 4.00. The summed E-state index contributed by atoms with van der Waals surface area (Å²) in [6.45, 7) is 0.502. The van der Waals surface area contributed by atoms with Crippen LogP contribution < -0.4 is 5.32 Å². The van der Waals surface area contributed by atoms with Crippen molar-refractivity contribution in [3.8, 4) is 16.9 Å². The zero-order valence-corrected chi connectivity index (χ0v) is 17.1. The molecule has 0 aliphatic heterocycles. The Labute approximate surface area is 184 Å². The second-order valence-corrected chi connectivity index (χ2v) is 7.43. The van der Waals surface area contributed by atoms with E-state index in [1.165, 1.54) is 12.1 Å². The SMILES string of the molecule is O=C(NCCc1cccnc1)c1ccn(-c2ccc3ccc(-c4cccc(F)c4)cn23)n1. The van der Waals surface area contributed by atoms with E-state index in [0.29, 0.717) is 18.7 Å². The first-order valence-electron chi connectivity index (χ1n) is 10.3. The molecule has 7 heteroatoms. The van der Waals surface area contributed by atoms with Crippen molar-refractivity contribution in [3.63, 3.8) is 0 Å². The number of carbonyl (C=O) groups excluding carboxylic acids is 1. The molecule has 6 nitrogen and oxygen atoms in total.